The minimum Gasteiger partial charge on any atom is -0.386 e. The third-order valence-electron chi connectivity index (χ3n) is 2.07. The lowest BCUT2D eigenvalue weighted by atomic mass is 10.3. The Morgan fingerprint density at radius 3 is 3.06 bits per heavy atom. The van der Waals surface area contributed by atoms with E-state index in [1.54, 1.807) is 0 Å². The Morgan fingerprint density at radius 2 is 2.44 bits per heavy atom. The molecule has 1 unspecified atom stereocenters. The molecule has 1 aromatic rings. The molecule has 0 fully saturated rings. The van der Waals surface area contributed by atoms with Crippen molar-refractivity contribution in [3.63, 3.8) is 0 Å². The molecule has 1 rings (SSSR count). The molecule has 16 heavy (non-hydrogen) atoms. The fourth-order valence-electron chi connectivity index (χ4n) is 1.23. The zero-order valence-corrected chi connectivity index (χ0v) is 10.2. The van der Waals surface area contributed by atoms with Crippen LogP contribution < -0.4 is 10.6 Å². The molecule has 0 radical (unpaired) electrons. The molecule has 1 heterocycles. The SMILES string of the molecule is CCCNC(=O)CNCC(O)c1cccs1. The van der Waals surface area contributed by atoms with Gasteiger partial charge in [-0.3, -0.25) is 4.79 Å². The number of hydrogen-bond donors (Lipinski definition) is 3. The summed E-state index contributed by atoms with van der Waals surface area (Å²) in [5.74, 6) is -0.0276. The third kappa shape index (κ3) is 4.74. The highest BCUT2D eigenvalue weighted by Crippen LogP contribution is 2.17. The Hall–Kier alpha value is -0.910. The summed E-state index contributed by atoms with van der Waals surface area (Å²) in [5.41, 5.74) is 0. The second-order valence-electron chi connectivity index (χ2n) is 3.51. The minimum absolute atomic E-state index is 0.0276. The van der Waals surface area contributed by atoms with Crippen LogP contribution in [0.3, 0.4) is 0 Å². The largest absolute Gasteiger partial charge is 0.386 e. The second kappa shape index (κ2) is 7.38. The average Bonchev–Trinajstić information content (AvgIpc) is 2.79. The first-order chi connectivity index (χ1) is 7.74. The minimum atomic E-state index is -0.529. The molecule has 3 N–H and O–H groups in total. The zero-order chi connectivity index (χ0) is 11.8. The number of amides is 1. The van der Waals surface area contributed by atoms with Crippen LogP contribution in [-0.2, 0) is 4.79 Å². The maximum atomic E-state index is 11.2. The summed E-state index contributed by atoms with van der Waals surface area (Å²) in [7, 11) is 0. The summed E-state index contributed by atoms with van der Waals surface area (Å²) in [6.45, 7) is 3.37. The number of hydrogen-bond acceptors (Lipinski definition) is 4. The van der Waals surface area contributed by atoms with Gasteiger partial charge in [0.25, 0.3) is 0 Å². The summed E-state index contributed by atoms with van der Waals surface area (Å²) in [4.78, 5) is 12.1. The standard InChI is InChI=1S/C11H18N2O2S/c1-2-5-13-11(15)8-12-7-9(14)10-4-3-6-16-10/h3-4,6,9,12,14H,2,5,7-8H2,1H3,(H,13,15). The molecule has 90 valence electrons. The van der Waals surface area contributed by atoms with Gasteiger partial charge in [-0.25, -0.2) is 0 Å². The third-order valence-corrected chi connectivity index (χ3v) is 3.04. The molecule has 0 aliphatic heterocycles. The van der Waals surface area contributed by atoms with E-state index in [0.717, 1.165) is 11.3 Å². The van der Waals surface area contributed by atoms with Crippen molar-refractivity contribution >= 4 is 17.2 Å². The topological polar surface area (TPSA) is 61.4 Å². The van der Waals surface area contributed by atoms with Gasteiger partial charge in [-0.2, -0.15) is 0 Å². The fourth-order valence-corrected chi connectivity index (χ4v) is 1.94. The highest BCUT2D eigenvalue weighted by molar-refractivity contribution is 7.10. The number of rotatable bonds is 7. The number of nitrogens with one attached hydrogen (secondary N) is 2. The summed E-state index contributed by atoms with van der Waals surface area (Å²) < 4.78 is 0. The summed E-state index contributed by atoms with van der Waals surface area (Å²) >= 11 is 1.51. The molecule has 0 spiro atoms. The normalized spacial score (nSPS) is 12.4. The average molecular weight is 242 g/mol. The number of aliphatic hydroxyl groups is 1. The molecule has 0 bridgehead atoms. The molecule has 4 nitrogen and oxygen atoms in total. The van der Waals surface area contributed by atoms with Gasteiger partial charge in [-0.05, 0) is 17.9 Å². The van der Waals surface area contributed by atoms with Gasteiger partial charge in [0.15, 0.2) is 0 Å². The van der Waals surface area contributed by atoms with Crippen molar-refractivity contribution in [2.45, 2.75) is 19.4 Å². The Bertz CT molecular complexity index is 301. The van der Waals surface area contributed by atoms with Crippen molar-refractivity contribution in [2.24, 2.45) is 0 Å². The molecule has 0 aliphatic carbocycles. The van der Waals surface area contributed by atoms with Crippen molar-refractivity contribution in [3.05, 3.63) is 22.4 Å². The van der Waals surface area contributed by atoms with E-state index in [1.807, 2.05) is 24.4 Å². The Morgan fingerprint density at radius 1 is 1.62 bits per heavy atom. The first kappa shape index (κ1) is 13.2. The van der Waals surface area contributed by atoms with Crippen LogP contribution in [0.1, 0.15) is 24.3 Å². The predicted octanol–water partition coefficient (Wildman–Crippen LogP) is 0.897. The Balaban J connectivity index is 2.13. The van der Waals surface area contributed by atoms with Crippen LogP contribution in [0, 0.1) is 0 Å². The number of carbonyl (C=O) groups is 1. The Kier molecular flexibility index (Phi) is 6.07. The van der Waals surface area contributed by atoms with Crippen LogP contribution in [0.25, 0.3) is 0 Å². The first-order valence-corrected chi connectivity index (χ1v) is 6.31. The van der Waals surface area contributed by atoms with Crippen molar-refractivity contribution in [1.29, 1.82) is 0 Å². The van der Waals surface area contributed by atoms with Crippen LogP contribution in [0.4, 0.5) is 0 Å². The van der Waals surface area contributed by atoms with Gasteiger partial charge >= 0.3 is 0 Å². The maximum absolute atomic E-state index is 11.2. The number of aliphatic hydroxyl groups excluding tert-OH is 1. The van der Waals surface area contributed by atoms with E-state index < -0.39 is 6.10 Å². The van der Waals surface area contributed by atoms with Crippen molar-refractivity contribution in [3.8, 4) is 0 Å². The van der Waals surface area contributed by atoms with Crippen molar-refractivity contribution < 1.29 is 9.90 Å². The van der Waals surface area contributed by atoms with Gasteiger partial charge in [0.2, 0.25) is 5.91 Å². The monoisotopic (exact) mass is 242 g/mol. The van der Waals surface area contributed by atoms with Crippen molar-refractivity contribution in [2.75, 3.05) is 19.6 Å². The van der Waals surface area contributed by atoms with Gasteiger partial charge in [-0.15, -0.1) is 11.3 Å². The highest BCUT2D eigenvalue weighted by Gasteiger charge is 2.08. The smallest absolute Gasteiger partial charge is 0.233 e. The molecule has 0 saturated heterocycles. The molecule has 1 amide bonds. The Labute approximate surface area is 99.7 Å². The predicted molar refractivity (Wildman–Crippen MR) is 65.4 cm³/mol. The van der Waals surface area contributed by atoms with Gasteiger partial charge in [0, 0.05) is 18.0 Å². The van der Waals surface area contributed by atoms with E-state index in [-0.39, 0.29) is 12.5 Å². The molecule has 0 aromatic carbocycles. The van der Waals surface area contributed by atoms with Gasteiger partial charge < -0.3 is 15.7 Å². The van der Waals surface area contributed by atoms with Crippen molar-refractivity contribution in [1.82, 2.24) is 10.6 Å². The number of thiophene rings is 1. The highest BCUT2D eigenvalue weighted by atomic mass is 32.1. The van der Waals surface area contributed by atoms with Gasteiger partial charge in [0.1, 0.15) is 6.10 Å². The van der Waals surface area contributed by atoms with Crippen LogP contribution >= 0.6 is 11.3 Å². The molecule has 5 heteroatoms. The van der Waals surface area contributed by atoms with Crippen LogP contribution in [0.5, 0.6) is 0 Å². The maximum Gasteiger partial charge on any atom is 0.233 e. The first-order valence-electron chi connectivity index (χ1n) is 5.43. The lowest BCUT2D eigenvalue weighted by Gasteiger charge is -2.10. The lowest BCUT2D eigenvalue weighted by Crippen LogP contribution is -2.35. The summed E-state index contributed by atoms with van der Waals surface area (Å²) in [6, 6.07) is 3.78. The van der Waals surface area contributed by atoms with E-state index in [9.17, 15) is 9.90 Å². The van der Waals surface area contributed by atoms with E-state index in [4.69, 9.17) is 0 Å². The van der Waals surface area contributed by atoms with Gasteiger partial charge in [0.05, 0.1) is 6.54 Å². The number of carbonyl (C=O) groups excluding carboxylic acids is 1. The molecule has 0 aliphatic rings. The van der Waals surface area contributed by atoms with E-state index >= 15 is 0 Å². The molecule has 1 atom stereocenters. The zero-order valence-electron chi connectivity index (χ0n) is 9.40. The van der Waals surface area contributed by atoms with E-state index in [1.165, 1.54) is 11.3 Å². The van der Waals surface area contributed by atoms with E-state index in [0.29, 0.717) is 13.1 Å². The molecule has 1 aromatic heterocycles. The lowest BCUT2D eigenvalue weighted by molar-refractivity contribution is -0.120. The fraction of sp³-hybridized carbons (Fsp3) is 0.545. The molecular formula is C11H18N2O2S. The van der Waals surface area contributed by atoms with E-state index in [2.05, 4.69) is 10.6 Å². The summed E-state index contributed by atoms with van der Waals surface area (Å²) in [5, 5.41) is 17.3. The molecular weight excluding hydrogens is 224 g/mol. The van der Waals surface area contributed by atoms with Gasteiger partial charge in [-0.1, -0.05) is 13.0 Å². The second-order valence-corrected chi connectivity index (χ2v) is 4.49. The molecule has 0 saturated carbocycles. The quantitative estimate of drug-likeness (QED) is 0.665. The van der Waals surface area contributed by atoms with Crippen LogP contribution in [0.2, 0.25) is 0 Å². The van der Waals surface area contributed by atoms with Crippen LogP contribution in [-0.4, -0.2) is 30.6 Å². The van der Waals surface area contributed by atoms with Crippen LogP contribution in [0.15, 0.2) is 17.5 Å². The summed E-state index contributed by atoms with van der Waals surface area (Å²) in [6.07, 6.45) is 0.405.